The zero-order chi connectivity index (χ0) is 31.6. The topological polar surface area (TPSA) is 64.5 Å². The minimum Gasteiger partial charge on any atom is -0.228 e. The highest BCUT2D eigenvalue weighted by atomic mass is 35.5. The zero-order valence-electron chi connectivity index (χ0n) is 25.1. The maximum atomic E-state index is 6.64. The third-order valence-corrected chi connectivity index (χ3v) is 8.24. The van der Waals surface area contributed by atoms with Gasteiger partial charge in [-0.05, 0) is 41.5 Å². The summed E-state index contributed by atoms with van der Waals surface area (Å²) in [5, 5.41) is 1.62. The molecule has 2 heterocycles. The van der Waals surface area contributed by atoms with Crippen LogP contribution in [-0.4, -0.2) is 24.9 Å². The minimum atomic E-state index is 0.558. The van der Waals surface area contributed by atoms with Crippen LogP contribution in [0.5, 0.6) is 0 Å². The van der Waals surface area contributed by atoms with E-state index in [-0.39, 0.29) is 0 Å². The van der Waals surface area contributed by atoms with Gasteiger partial charge in [0.2, 0.25) is 0 Å². The lowest BCUT2D eigenvalue weighted by molar-refractivity contribution is 1.07. The second kappa shape index (κ2) is 12.4. The lowest BCUT2D eigenvalue weighted by atomic mass is 9.97. The Bertz CT molecular complexity index is 2300. The van der Waals surface area contributed by atoms with Gasteiger partial charge in [-0.15, -0.1) is 0 Å². The smallest absolute Gasteiger partial charge is 0.164 e. The molecule has 47 heavy (non-hydrogen) atoms. The predicted octanol–water partition coefficient (Wildman–Crippen LogP) is 10.5. The molecule has 0 radical (unpaired) electrons. The summed E-state index contributed by atoms with van der Waals surface area (Å²) in [5.41, 5.74) is 8.22. The van der Waals surface area contributed by atoms with Gasteiger partial charge < -0.3 is 0 Å². The molecule has 0 aliphatic heterocycles. The molecule has 8 aromatic rings. The first-order chi connectivity index (χ1) is 23.2. The number of hydrogen-bond acceptors (Lipinski definition) is 5. The Morgan fingerprint density at radius 3 is 1.55 bits per heavy atom. The summed E-state index contributed by atoms with van der Waals surface area (Å²) in [6.45, 7) is 0. The molecule has 5 nitrogen and oxygen atoms in total. The lowest BCUT2D eigenvalue weighted by Gasteiger charge is -2.14. The van der Waals surface area contributed by atoms with Gasteiger partial charge in [0, 0.05) is 38.2 Å². The van der Waals surface area contributed by atoms with Crippen LogP contribution >= 0.6 is 11.6 Å². The molecule has 0 aliphatic carbocycles. The zero-order valence-corrected chi connectivity index (χ0v) is 25.9. The molecule has 222 valence electrons. The number of hydrogen-bond donors (Lipinski definition) is 0. The highest BCUT2D eigenvalue weighted by Crippen LogP contribution is 2.36. The summed E-state index contributed by atoms with van der Waals surface area (Å²) < 4.78 is 0. The summed E-state index contributed by atoms with van der Waals surface area (Å²) in [4.78, 5) is 24.9. The van der Waals surface area contributed by atoms with E-state index < -0.39 is 0 Å². The van der Waals surface area contributed by atoms with Gasteiger partial charge in [0.05, 0.1) is 11.2 Å². The first-order valence-corrected chi connectivity index (χ1v) is 15.7. The fraction of sp³-hybridized carbons (Fsp3) is 0. The Balaban J connectivity index is 1.29. The van der Waals surface area contributed by atoms with Crippen molar-refractivity contribution in [3.63, 3.8) is 0 Å². The van der Waals surface area contributed by atoms with Crippen molar-refractivity contribution in [2.75, 3.05) is 0 Å². The van der Waals surface area contributed by atoms with E-state index in [1.807, 2.05) is 127 Å². The van der Waals surface area contributed by atoms with Crippen LogP contribution in [0.2, 0.25) is 5.02 Å². The van der Waals surface area contributed by atoms with Gasteiger partial charge in [-0.2, -0.15) is 0 Å². The molecule has 2 aromatic heterocycles. The highest BCUT2D eigenvalue weighted by molar-refractivity contribution is 6.31. The van der Waals surface area contributed by atoms with Crippen molar-refractivity contribution in [2.24, 2.45) is 0 Å². The van der Waals surface area contributed by atoms with Crippen molar-refractivity contribution in [1.29, 1.82) is 0 Å². The van der Waals surface area contributed by atoms with Gasteiger partial charge in [0.25, 0.3) is 0 Å². The summed E-state index contributed by atoms with van der Waals surface area (Å²) in [6, 6.07) is 52.3. The van der Waals surface area contributed by atoms with Gasteiger partial charge in [-0.3, -0.25) is 0 Å². The number of benzene rings is 6. The van der Waals surface area contributed by atoms with Gasteiger partial charge in [0.1, 0.15) is 0 Å². The molecule has 0 unspecified atom stereocenters. The Labute approximate surface area is 277 Å². The first kappa shape index (κ1) is 28.4. The number of halogens is 1. The molecule has 0 spiro atoms. The molecule has 0 saturated carbocycles. The monoisotopic (exact) mass is 623 g/mol. The Kier molecular flexibility index (Phi) is 7.50. The minimum absolute atomic E-state index is 0.558. The van der Waals surface area contributed by atoms with Crippen LogP contribution in [0.15, 0.2) is 158 Å². The maximum absolute atomic E-state index is 6.64. The fourth-order valence-electron chi connectivity index (χ4n) is 5.73. The predicted molar refractivity (Wildman–Crippen MR) is 191 cm³/mol. The van der Waals surface area contributed by atoms with E-state index in [0.717, 1.165) is 55.5 Å². The Morgan fingerprint density at radius 2 is 0.872 bits per heavy atom. The Hall–Kier alpha value is -6.04. The van der Waals surface area contributed by atoms with Crippen molar-refractivity contribution in [2.45, 2.75) is 0 Å². The first-order valence-electron chi connectivity index (χ1n) is 15.3. The van der Waals surface area contributed by atoms with Crippen LogP contribution in [0.3, 0.4) is 0 Å². The van der Waals surface area contributed by atoms with E-state index in [1.165, 1.54) is 0 Å². The lowest BCUT2D eigenvalue weighted by Crippen LogP contribution is -2.01. The van der Waals surface area contributed by atoms with Crippen LogP contribution in [0.4, 0.5) is 0 Å². The molecule has 0 bridgehead atoms. The van der Waals surface area contributed by atoms with Gasteiger partial charge in [-0.25, -0.2) is 24.9 Å². The molecule has 6 heteroatoms. The normalized spacial score (nSPS) is 11.1. The van der Waals surface area contributed by atoms with Gasteiger partial charge >= 0.3 is 0 Å². The molecule has 8 rings (SSSR count). The third-order valence-electron chi connectivity index (χ3n) is 8.00. The Morgan fingerprint density at radius 1 is 0.340 bits per heavy atom. The maximum Gasteiger partial charge on any atom is 0.164 e. The third kappa shape index (κ3) is 5.76. The standard InChI is InChI=1S/C41H26ClN5/c42-32-23-24-33(41-46-38(28-15-6-2-7-16-28)45-39(47-41)29-17-8-3-9-18-29)35(26-32)30-19-12-20-31(25-30)40-43-36-22-11-10-21-34(36)37(44-40)27-13-4-1-5-14-27/h1-26H. The van der Waals surface area contributed by atoms with Crippen molar-refractivity contribution in [3.8, 4) is 67.9 Å². The van der Waals surface area contributed by atoms with E-state index in [9.17, 15) is 0 Å². The van der Waals surface area contributed by atoms with Crippen molar-refractivity contribution in [1.82, 2.24) is 24.9 Å². The van der Waals surface area contributed by atoms with E-state index in [0.29, 0.717) is 28.3 Å². The van der Waals surface area contributed by atoms with Crippen LogP contribution in [0.1, 0.15) is 0 Å². The molecular weight excluding hydrogens is 598 g/mol. The largest absolute Gasteiger partial charge is 0.228 e. The van der Waals surface area contributed by atoms with Crippen molar-refractivity contribution in [3.05, 3.63) is 163 Å². The van der Waals surface area contributed by atoms with E-state index in [4.69, 9.17) is 36.5 Å². The van der Waals surface area contributed by atoms with E-state index in [2.05, 4.69) is 30.3 Å². The molecule has 0 saturated heterocycles. The van der Waals surface area contributed by atoms with Gasteiger partial charge in [-0.1, -0.05) is 139 Å². The van der Waals surface area contributed by atoms with E-state index >= 15 is 0 Å². The molecule has 0 aliphatic rings. The average molecular weight is 624 g/mol. The number of rotatable bonds is 6. The summed E-state index contributed by atoms with van der Waals surface area (Å²) >= 11 is 6.64. The molecule has 0 N–H and O–H groups in total. The van der Waals surface area contributed by atoms with Crippen molar-refractivity contribution >= 4 is 22.5 Å². The van der Waals surface area contributed by atoms with Crippen LogP contribution in [0, 0.1) is 0 Å². The molecule has 0 fully saturated rings. The average Bonchev–Trinajstić information content (AvgIpc) is 3.15. The number of aromatic nitrogens is 5. The van der Waals surface area contributed by atoms with Crippen molar-refractivity contribution < 1.29 is 0 Å². The summed E-state index contributed by atoms with van der Waals surface area (Å²) in [7, 11) is 0. The SMILES string of the molecule is Clc1ccc(-c2nc(-c3ccccc3)nc(-c3ccccc3)n2)c(-c2cccc(-c3nc(-c4ccccc4)c4ccccc4n3)c2)c1. The van der Waals surface area contributed by atoms with Gasteiger partial charge in [0.15, 0.2) is 23.3 Å². The molecule has 0 atom stereocenters. The number of nitrogens with zero attached hydrogens (tertiary/aromatic N) is 5. The summed E-state index contributed by atoms with van der Waals surface area (Å²) in [5.74, 6) is 2.40. The quantitative estimate of drug-likeness (QED) is 0.184. The second-order valence-electron chi connectivity index (χ2n) is 11.1. The fourth-order valence-corrected chi connectivity index (χ4v) is 5.90. The molecule has 6 aromatic carbocycles. The van der Waals surface area contributed by atoms with E-state index in [1.54, 1.807) is 0 Å². The van der Waals surface area contributed by atoms with Crippen LogP contribution < -0.4 is 0 Å². The number of para-hydroxylation sites is 1. The van der Waals surface area contributed by atoms with Crippen LogP contribution in [0.25, 0.3) is 78.8 Å². The molecular formula is C41H26ClN5. The molecule has 0 amide bonds. The summed E-state index contributed by atoms with van der Waals surface area (Å²) in [6.07, 6.45) is 0. The highest BCUT2D eigenvalue weighted by Gasteiger charge is 2.18. The van der Waals surface area contributed by atoms with Crippen LogP contribution in [-0.2, 0) is 0 Å². The second-order valence-corrected chi connectivity index (χ2v) is 11.5. The number of fused-ring (bicyclic) bond motifs is 1.